The van der Waals surface area contributed by atoms with E-state index in [4.69, 9.17) is 0 Å². The topological polar surface area (TPSA) is 40.5 Å². The van der Waals surface area contributed by atoms with Crippen LogP contribution in [0.1, 0.15) is 22.8 Å². The molecule has 0 unspecified atom stereocenters. The van der Waals surface area contributed by atoms with E-state index in [1.54, 1.807) is 17.9 Å². The molecule has 1 N–H and O–H groups in total. The van der Waals surface area contributed by atoms with Crippen molar-refractivity contribution >= 4 is 21.8 Å². The van der Waals surface area contributed by atoms with Gasteiger partial charge in [0.15, 0.2) is 0 Å². The van der Waals surface area contributed by atoms with Crippen molar-refractivity contribution in [3.8, 4) is 0 Å². The first-order valence-corrected chi connectivity index (χ1v) is 5.97. The number of carbonyl (C=O) groups is 1. The van der Waals surface area contributed by atoms with Crippen LogP contribution in [0.25, 0.3) is 0 Å². The van der Waals surface area contributed by atoms with E-state index < -0.39 is 5.60 Å². The molecule has 1 saturated heterocycles. The molecule has 1 aromatic rings. The van der Waals surface area contributed by atoms with Gasteiger partial charge < -0.3 is 10.0 Å². The van der Waals surface area contributed by atoms with Gasteiger partial charge >= 0.3 is 0 Å². The minimum absolute atomic E-state index is 0.0258. The van der Waals surface area contributed by atoms with Crippen LogP contribution in [0.3, 0.4) is 0 Å². The standard InChI is InChI=1S/C12H14BrNO2/c1-8-4-3-5-9(10(8)13)11(15)14-6-12(2,16)7-14/h3-5,16H,6-7H2,1-2H3. The van der Waals surface area contributed by atoms with Crippen molar-refractivity contribution < 1.29 is 9.90 Å². The average molecular weight is 284 g/mol. The molecule has 0 spiro atoms. The van der Waals surface area contributed by atoms with Crippen LogP contribution in [0.15, 0.2) is 22.7 Å². The molecular weight excluding hydrogens is 270 g/mol. The molecule has 0 aromatic heterocycles. The fourth-order valence-electron chi connectivity index (χ4n) is 1.90. The number of amides is 1. The van der Waals surface area contributed by atoms with E-state index in [0.717, 1.165) is 10.0 Å². The van der Waals surface area contributed by atoms with Crippen LogP contribution >= 0.6 is 15.9 Å². The Morgan fingerprint density at radius 3 is 2.69 bits per heavy atom. The third-order valence-electron chi connectivity index (χ3n) is 2.77. The fraction of sp³-hybridized carbons (Fsp3) is 0.417. The highest BCUT2D eigenvalue weighted by Gasteiger charge is 2.40. The fourth-order valence-corrected chi connectivity index (χ4v) is 2.34. The smallest absolute Gasteiger partial charge is 0.255 e. The summed E-state index contributed by atoms with van der Waals surface area (Å²) in [5, 5.41) is 9.60. The summed E-state index contributed by atoms with van der Waals surface area (Å²) in [5.41, 5.74) is 0.986. The molecule has 3 nitrogen and oxygen atoms in total. The maximum Gasteiger partial charge on any atom is 0.255 e. The summed E-state index contributed by atoms with van der Waals surface area (Å²) in [6.45, 7) is 4.51. The van der Waals surface area contributed by atoms with Crippen molar-refractivity contribution in [1.29, 1.82) is 0 Å². The Labute approximate surface area is 103 Å². The quantitative estimate of drug-likeness (QED) is 0.856. The zero-order valence-electron chi connectivity index (χ0n) is 9.33. The lowest BCUT2D eigenvalue weighted by Gasteiger charge is -2.44. The van der Waals surface area contributed by atoms with Gasteiger partial charge in [0, 0.05) is 4.47 Å². The van der Waals surface area contributed by atoms with E-state index in [-0.39, 0.29) is 5.91 Å². The number of aryl methyl sites for hydroxylation is 1. The van der Waals surface area contributed by atoms with Crippen LogP contribution in [0, 0.1) is 6.92 Å². The van der Waals surface area contributed by atoms with Crippen molar-refractivity contribution in [3.63, 3.8) is 0 Å². The third-order valence-corrected chi connectivity index (χ3v) is 3.82. The SMILES string of the molecule is Cc1cccc(C(=O)N2CC(C)(O)C2)c1Br. The van der Waals surface area contributed by atoms with Gasteiger partial charge in [-0.2, -0.15) is 0 Å². The Morgan fingerprint density at radius 2 is 2.12 bits per heavy atom. The maximum atomic E-state index is 12.1. The highest BCUT2D eigenvalue weighted by Crippen LogP contribution is 2.27. The minimum atomic E-state index is -0.716. The first-order valence-electron chi connectivity index (χ1n) is 5.17. The van der Waals surface area contributed by atoms with E-state index in [9.17, 15) is 9.90 Å². The Kier molecular flexibility index (Phi) is 2.80. The largest absolute Gasteiger partial charge is 0.386 e. The number of benzene rings is 1. The predicted octanol–water partition coefficient (Wildman–Crippen LogP) is 1.96. The van der Waals surface area contributed by atoms with Crippen LogP contribution in [0.5, 0.6) is 0 Å². The van der Waals surface area contributed by atoms with Gasteiger partial charge in [0.05, 0.1) is 24.3 Å². The van der Waals surface area contributed by atoms with Gasteiger partial charge in [-0.15, -0.1) is 0 Å². The summed E-state index contributed by atoms with van der Waals surface area (Å²) >= 11 is 3.42. The number of nitrogens with zero attached hydrogens (tertiary/aromatic N) is 1. The molecule has 86 valence electrons. The van der Waals surface area contributed by atoms with E-state index in [1.807, 2.05) is 19.1 Å². The zero-order chi connectivity index (χ0) is 11.9. The minimum Gasteiger partial charge on any atom is -0.386 e. The predicted molar refractivity (Wildman–Crippen MR) is 65.4 cm³/mol. The van der Waals surface area contributed by atoms with Gasteiger partial charge in [0.1, 0.15) is 0 Å². The monoisotopic (exact) mass is 283 g/mol. The molecule has 0 atom stereocenters. The number of rotatable bonds is 1. The van der Waals surface area contributed by atoms with Gasteiger partial charge in [-0.25, -0.2) is 0 Å². The molecular formula is C12H14BrNO2. The summed E-state index contributed by atoms with van der Waals surface area (Å²) in [7, 11) is 0. The molecule has 16 heavy (non-hydrogen) atoms. The lowest BCUT2D eigenvalue weighted by atomic mass is 9.95. The molecule has 2 rings (SSSR count). The van der Waals surface area contributed by atoms with Crippen molar-refractivity contribution in [1.82, 2.24) is 4.90 Å². The number of hydrogen-bond donors (Lipinski definition) is 1. The Hall–Kier alpha value is -0.870. The van der Waals surface area contributed by atoms with Gasteiger partial charge in [-0.1, -0.05) is 12.1 Å². The molecule has 1 aliphatic rings. The van der Waals surface area contributed by atoms with Gasteiger partial charge in [-0.05, 0) is 41.4 Å². The van der Waals surface area contributed by atoms with E-state index >= 15 is 0 Å². The van der Waals surface area contributed by atoms with Gasteiger partial charge in [0.2, 0.25) is 0 Å². The average Bonchev–Trinajstić information content (AvgIpc) is 2.17. The Morgan fingerprint density at radius 1 is 1.50 bits per heavy atom. The van der Waals surface area contributed by atoms with E-state index in [2.05, 4.69) is 15.9 Å². The van der Waals surface area contributed by atoms with Crippen LogP contribution in [-0.4, -0.2) is 34.6 Å². The number of β-amino-alcohol motifs (C(OH)–C–C–N with tert-alkyl or cyclic N) is 1. The van der Waals surface area contributed by atoms with E-state index in [1.165, 1.54) is 0 Å². The van der Waals surface area contributed by atoms with Crippen LogP contribution in [-0.2, 0) is 0 Å². The highest BCUT2D eigenvalue weighted by molar-refractivity contribution is 9.10. The lowest BCUT2D eigenvalue weighted by molar-refractivity contribution is -0.0669. The Bertz CT molecular complexity index is 435. The van der Waals surface area contributed by atoms with Crippen LogP contribution in [0.4, 0.5) is 0 Å². The van der Waals surface area contributed by atoms with Gasteiger partial charge in [-0.3, -0.25) is 4.79 Å². The first-order chi connectivity index (χ1) is 7.41. The molecule has 1 aliphatic heterocycles. The number of carbonyl (C=O) groups excluding carboxylic acids is 1. The second kappa shape index (κ2) is 3.86. The molecule has 0 bridgehead atoms. The molecule has 0 aliphatic carbocycles. The van der Waals surface area contributed by atoms with Crippen molar-refractivity contribution in [2.75, 3.05) is 13.1 Å². The first kappa shape index (κ1) is 11.6. The summed E-state index contributed by atoms with van der Waals surface area (Å²) < 4.78 is 0.839. The summed E-state index contributed by atoms with van der Waals surface area (Å²) in [6, 6.07) is 5.62. The molecule has 1 heterocycles. The number of aliphatic hydroxyl groups is 1. The van der Waals surface area contributed by atoms with Crippen LogP contribution < -0.4 is 0 Å². The number of halogens is 1. The molecule has 1 aromatic carbocycles. The van der Waals surface area contributed by atoms with Crippen molar-refractivity contribution in [2.24, 2.45) is 0 Å². The lowest BCUT2D eigenvalue weighted by Crippen LogP contribution is -2.61. The van der Waals surface area contributed by atoms with Crippen molar-refractivity contribution in [3.05, 3.63) is 33.8 Å². The van der Waals surface area contributed by atoms with Crippen LogP contribution in [0.2, 0.25) is 0 Å². The summed E-state index contributed by atoms with van der Waals surface area (Å²) in [4.78, 5) is 13.7. The summed E-state index contributed by atoms with van der Waals surface area (Å²) in [6.07, 6.45) is 0. The van der Waals surface area contributed by atoms with Crippen molar-refractivity contribution in [2.45, 2.75) is 19.4 Å². The second-order valence-electron chi connectivity index (χ2n) is 4.59. The second-order valence-corrected chi connectivity index (χ2v) is 5.39. The Balaban J connectivity index is 2.20. The summed E-state index contributed by atoms with van der Waals surface area (Å²) in [5.74, 6) is -0.0258. The number of hydrogen-bond acceptors (Lipinski definition) is 2. The molecule has 1 amide bonds. The molecule has 4 heteroatoms. The third kappa shape index (κ3) is 1.99. The highest BCUT2D eigenvalue weighted by atomic mass is 79.9. The normalized spacial score (nSPS) is 18.1. The van der Waals surface area contributed by atoms with Gasteiger partial charge in [0.25, 0.3) is 5.91 Å². The molecule has 0 radical (unpaired) electrons. The zero-order valence-corrected chi connectivity index (χ0v) is 10.9. The van der Waals surface area contributed by atoms with E-state index in [0.29, 0.717) is 18.7 Å². The molecule has 0 saturated carbocycles. The molecule has 1 fully saturated rings. The number of likely N-dealkylation sites (tertiary alicyclic amines) is 1. The maximum absolute atomic E-state index is 12.1.